The third-order valence-electron chi connectivity index (χ3n) is 3.59. The first kappa shape index (κ1) is 20.7. The van der Waals surface area contributed by atoms with Crippen molar-refractivity contribution in [2.45, 2.75) is 47.8 Å². The van der Waals surface area contributed by atoms with Gasteiger partial charge in [0.2, 0.25) is 0 Å². The maximum absolute atomic E-state index is 14.2. The lowest BCUT2D eigenvalue weighted by Gasteiger charge is -2.23. The summed E-state index contributed by atoms with van der Waals surface area (Å²) in [5, 5.41) is 0. The first-order valence-corrected chi connectivity index (χ1v) is 9.58. The van der Waals surface area contributed by atoms with Crippen LogP contribution in [0.1, 0.15) is 31.9 Å². The van der Waals surface area contributed by atoms with E-state index in [4.69, 9.17) is 0 Å². The van der Waals surface area contributed by atoms with Crippen LogP contribution in [0.3, 0.4) is 0 Å². The molecular weight excluding hydrogens is 392 g/mol. The lowest BCUT2D eigenvalue weighted by molar-refractivity contribution is 0.381. The van der Waals surface area contributed by atoms with E-state index < -0.39 is 48.6 Å². The van der Waals surface area contributed by atoms with E-state index in [1.165, 1.54) is 0 Å². The molecule has 0 aliphatic carbocycles. The molecule has 0 saturated carbocycles. The fourth-order valence-corrected chi connectivity index (χ4v) is 4.27. The normalized spacial score (nSPS) is 12.5. The number of hydrogen-bond donors (Lipinski definition) is 0. The predicted molar refractivity (Wildman–Crippen MR) is 88.2 cm³/mol. The molecule has 0 aliphatic heterocycles. The molecule has 142 valence electrons. The van der Waals surface area contributed by atoms with E-state index in [0.717, 1.165) is 5.56 Å². The molecule has 3 nitrogen and oxygen atoms in total. The zero-order valence-electron chi connectivity index (χ0n) is 14.3. The van der Waals surface area contributed by atoms with Crippen molar-refractivity contribution in [3.8, 4) is 0 Å². The molecular formula is C17H15F4O3S2-. The van der Waals surface area contributed by atoms with Crippen LogP contribution in [0, 0.1) is 30.2 Å². The number of hydrogen-bond acceptors (Lipinski definition) is 4. The van der Waals surface area contributed by atoms with E-state index in [-0.39, 0.29) is 0 Å². The molecule has 0 bridgehead atoms. The Hall–Kier alpha value is -1.58. The average Bonchev–Trinajstić information content (AvgIpc) is 2.47. The van der Waals surface area contributed by atoms with Crippen molar-refractivity contribution >= 4 is 21.9 Å². The van der Waals surface area contributed by atoms with Gasteiger partial charge in [0, 0.05) is 4.90 Å². The average molecular weight is 407 g/mol. The Kier molecular flexibility index (Phi) is 5.47. The molecule has 0 N–H and O–H groups in total. The Morgan fingerprint density at radius 2 is 1.46 bits per heavy atom. The standard InChI is InChI=1S/C17H16F4O3S2/c1-8-5-6-9(17(2,3)4)10(7-8)25-15-11(18)13(20)16(26(22,23)24)14(21)12(15)19/h5-7H,1-4H3,(H,22,23,24)/p-1. The maximum atomic E-state index is 14.2. The van der Waals surface area contributed by atoms with Crippen LogP contribution in [0.15, 0.2) is 32.9 Å². The molecule has 0 amide bonds. The van der Waals surface area contributed by atoms with Crippen molar-refractivity contribution in [2.24, 2.45) is 0 Å². The fraction of sp³-hybridized carbons (Fsp3) is 0.294. The Bertz CT molecular complexity index is 951. The molecule has 0 saturated heterocycles. The monoisotopic (exact) mass is 407 g/mol. The zero-order chi connectivity index (χ0) is 20.0. The van der Waals surface area contributed by atoms with Crippen LogP contribution in [0.2, 0.25) is 0 Å². The third-order valence-corrected chi connectivity index (χ3v) is 5.57. The highest BCUT2D eigenvalue weighted by Gasteiger charge is 2.30. The second-order valence-electron chi connectivity index (χ2n) is 6.72. The SMILES string of the molecule is Cc1ccc(C(C)(C)C)c(Sc2c(F)c(F)c(S(=O)(=O)[O-])c(F)c2F)c1. The number of halogens is 4. The van der Waals surface area contributed by atoms with E-state index in [1.807, 2.05) is 20.8 Å². The number of aryl methyl sites for hydroxylation is 1. The smallest absolute Gasteiger partial charge is 0.180 e. The highest BCUT2D eigenvalue weighted by atomic mass is 32.2. The van der Waals surface area contributed by atoms with Crippen molar-refractivity contribution in [2.75, 3.05) is 0 Å². The molecule has 0 atom stereocenters. The second-order valence-corrected chi connectivity index (χ2v) is 9.09. The summed E-state index contributed by atoms with van der Waals surface area (Å²) < 4.78 is 89.1. The Labute approximate surface area is 153 Å². The van der Waals surface area contributed by atoms with Gasteiger partial charge in [-0.2, -0.15) is 0 Å². The molecule has 2 rings (SSSR count). The fourth-order valence-electron chi connectivity index (χ4n) is 2.34. The van der Waals surface area contributed by atoms with Gasteiger partial charge in [0.25, 0.3) is 0 Å². The van der Waals surface area contributed by atoms with Gasteiger partial charge in [-0.15, -0.1) is 0 Å². The summed E-state index contributed by atoms with van der Waals surface area (Å²) in [6.07, 6.45) is 0. The zero-order valence-corrected chi connectivity index (χ0v) is 15.9. The predicted octanol–water partition coefficient (Wildman–Crippen LogP) is 4.90. The summed E-state index contributed by atoms with van der Waals surface area (Å²) in [5.41, 5.74) is 0.993. The van der Waals surface area contributed by atoms with Gasteiger partial charge >= 0.3 is 0 Å². The molecule has 2 aromatic carbocycles. The third kappa shape index (κ3) is 3.89. The molecule has 0 spiro atoms. The van der Waals surface area contributed by atoms with Gasteiger partial charge in [0.05, 0.1) is 4.90 Å². The molecule has 0 radical (unpaired) electrons. The van der Waals surface area contributed by atoms with E-state index in [0.29, 0.717) is 22.2 Å². The Morgan fingerprint density at radius 3 is 1.88 bits per heavy atom. The van der Waals surface area contributed by atoms with Gasteiger partial charge in [-0.1, -0.05) is 44.7 Å². The number of rotatable bonds is 3. The topological polar surface area (TPSA) is 57.2 Å². The van der Waals surface area contributed by atoms with Crippen LogP contribution < -0.4 is 0 Å². The van der Waals surface area contributed by atoms with Crippen LogP contribution in [-0.4, -0.2) is 13.0 Å². The minimum Gasteiger partial charge on any atom is -0.744 e. The molecule has 0 aromatic heterocycles. The first-order valence-electron chi connectivity index (χ1n) is 7.36. The van der Waals surface area contributed by atoms with Gasteiger partial charge in [-0.25, -0.2) is 26.0 Å². The van der Waals surface area contributed by atoms with Crippen molar-refractivity contribution in [1.29, 1.82) is 0 Å². The van der Waals surface area contributed by atoms with Crippen LogP contribution in [0.4, 0.5) is 17.6 Å². The van der Waals surface area contributed by atoms with Gasteiger partial charge in [0.15, 0.2) is 23.3 Å². The van der Waals surface area contributed by atoms with Crippen LogP contribution in [0.25, 0.3) is 0 Å². The number of benzene rings is 2. The van der Waals surface area contributed by atoms with Crippen LogP contribution in [-0.2, 0) is 15.5 Å². The molecule has 0 heterocycles. The van der Waals surface area contributed by atoms with E-state index in [9.17, 15) is 30.5 Å². The van der Waals surface area contributed by atoms with Crippen LogP contribution >= 0.6 is 11.8 Å². The Balaban J connectivity index is 2.73. The minimum atomic E-state index is -5.73. The van der Waals surface area contributed by atoms with Gasteiger partial charge in [0.1, 0.15) is 15.0 Å². The summed E-state index contributed by atoms with van der Waals surface area (Å²) in [6, 6.07) is 5.11. The van der Waals surface area contributed by atoms with Crippen molar-refractivity contribution in [3.05, 3.63) is 52.6 Å². The van der Waals surface area contributed by atoms with E-state index in [1.54, 1.807) is 25.1 Å². The Morgan fingerprint density at radius 1 is 0.962 bits per heavy atom. The summed E-state index contributed by atoms with van der Waals surface area (Å²) in [4.78, 5) is -2.85. The summed E-state index contributed by atoms with van der Waals surface area (Å²) in [6.45, 7) is 7.28. The molecule has 0 fully saturated rings. The van der Waals surface area contributed by atoms with E-state index in [2.05, 4.69) is 0 Å². The summed E-state index contributed by atoms with van der Waals surface area (Å²) in [5.74, 6) is -8.31. The molecule has 26 heavy (non-hydrogen) atoms. The quantitative estimate of drug-likeness (QED) is 0.412. The summed E-state index contributed by atoms with van der Waals surface area (Å²) >= 11 is 0.429. The molecule has 0 unspecified atom stereocenters. The van der Waals surface area contributed by atoms with Gasteiger partial charge in [-0.05, 0) is 29.5 Å². The maximum Gasteiger partial charge on any atom is 0.180 e. The van der Waals surface area contributed by atoms with Crippen molar-refractivity contribution in [3.63, 3.8) is 0 Å². The minimum absolute atomic E-state index is 0.354. The van der Waals surface area contributed by atoms with Gasteiger partial charge in [-0.3, -0.25) is 0 Å². The summed E-state index contributed by atoms with van der Waals surface area (Å²) in [7, 11) is -5.73. The first-order chi connectivity index (χ1) is 11.7. The van der Waals surface area contributed by atoms with Crippen molar-refractivity contribution < 1.29 is 30.5 Å². The van der Waals surface area contributed by atoms with Crippen molar-refractivity contribution in [1.82, 2.24) is 0 Å². The molecule has 0 aliphatic rings. The highest BCUT2D eigenvalue weighted by molar-refractivity contribution is 7.99. The van der Waals surface area contributed by atoms with Crippen LogP contribution in [0.5, 0.6) is 0 Å². The largest absolute Gasteiger partial charge is 0.744 e. The second kappa shape index (κ2) is 6.86. The molecule has 9 heteroatoms. The lowest BCUT2D eigenvalue weighted by Crippen LogP contribution is -2.13. The van der Waals surface area contributed by atoms with Gasteiger partial charge < -0.3 is 4.55 Å². The highest BCUT2D eigenvalue weighted by Crippen LogP contribution is 2.41. The van der Waals surface area contributed by atoms with E-state index >= 15 is 0 Å². The lowest BCUT2D eigenvalue weighted by atomic mass is 9.86. The molecule has 2 aromatic rings.